The van der Waals surface area contributed by atoms with Gasteiger partial charge in [-0.2, -0.15) is 0 Å². The van der Waals surface area contributed by atoms with Crippen LogP contribution in [-0.4, -0.2) is 34.0 Å². The maximum atomic E-state index is 12.8. The largest absolute Gasteiger partial charge is 0.349 e. The van der Waals surface area contributed by atoms with Crippen molar-refractivity contribution < 1.29 is 9.59 Å². The summed E-state index contributed by atoms with van der Waals surface area (Å²) in [5, 5.41) is 2.93. The summed E-state index contributed by atoms with van der Waals surface area (Å²) in [6.45, 7) is 7.46. The average Bonchev–Trinajstić information content (AvgIpc) is 2.91. The second-order valence-electron chi connectivity index (χ2n) is 6.40. The highest BCUT2D eigenvalue weighted by Crippen LogP contribution is 2.21. The van der Waals surface area contributed by atoms with Crippen LogP contribution in [0.3, 0.4) is 0 Å². The van der Waals surface area contributed by atoms with E-state index in [1.807, 2.05) is 32.0 Å². The number of nitrogens with zero attached hydrogens (tertiary/aromatic N) is 3. The van der Waals surface area contributed by atoms with Crippen LogP contribution in [0.15, 0.2) is 30.6 Å². The first-order chi connectivity index (χ1) is 12.0. The number of amides is 2. The standard InChI is InChI=1S/C19H24N4O2/c1-4-22-13(2)11-16(14(22)3)18(24)21-17-8-6-10-23(19(17)25)15-7-5-9-20-12-15/h5,7,9,11-12,17H,4,6,8,10H2,1-3H3,(H,21,24)/t17-/m0/s1. The summed E-state index contributed by atoms with van der Waals surface area (Å²) in [7, 11) is 0. The molecule has 3 rings (SSSR count). The van der Waals surface area contributed by atoms with Crippen LogP contribution in [0.1, 0.15) is 41.5 Å². The average molecular weight is 340 g/mol. The van der Waals surface area contributed by atoms with E-state index in [1.54, 1.807) is 17.3 Å². The Morgan fingerprint density at radius 3 is 2.84 bits per heavy atom. The van der Waals surface area contributed by atoms with Gasteiger partial charge >= 0.3 is 0 Å². The van der Waals surface area contributed by atoms with Gasteiger partial charge in [0.15, 0.2) is 0 Å². The van der Waals surface area contributed by atoms with E-state index in [-0.39, 0.29) is 11.8 Å². The number of aryl methyl sites for hydroxylation is 1. The predicted octanol–water partition coefficient (Wildman–Crippen LogP) is 2.45. The number of anilines is 1. The van der Waals surface area contributed by atoms with Gasteiger partial charge in [-0.05, 0) is 51.8 Å². The van der Waals surface area contributed by atoms with Gasteiger partial charge in [0, 0.05) is 30.7 Å². The molecule has 2 aromatic heterocycles. The normalized spacial score (nSPS) is 17.6. The second kappa shape index (κ2) is 7.09. The fourth-order valence-corrected chi connectivity index (χ4v) is 3.53. The SMILES string of the molecule is CCn1c(C)cc(C(=O)N[C@H]2CCCN(c3cccnc3)C2=O)c1C. The number of nitrogens with one attached hydrogen (secondary N) is 1. The smallest absolute Gasteiger partial charge is 0.253 e. The van der Waals surface area contributed by atoms with Crippen LogP contribution < -0.4 is 10.2 Å². The van der Waals surface area contributed by atoms with Gasteiger partial charge in [0.1, 0.15) is 6.04 Å². The molecule has 1 saturated heterocycles. The van der Waals surface area contributed by atoms with Crippen molar-refractivity contribution in [2.24, 2.45) is 0 Å². The van der Waals surface area contributed by atoms with E-state index < -0.39 is 6.04 Å². The molecular formula is C19H24N4O2. The van der Waals surface area contributed by atoms with E-state index >= 15 is 0 Å². The third-order valence-corrected chi connectivity index (χ3v) is 4.84. The van der Waals surface area contributed by atoms with Crippen molar-refractivity contribution in [2.75, 3.05) is 11.4 Å². The Morgan fingerprint density at radius 2 is 2.20 bits per heavy atom. The maximum Gasteiger partial charge on any atom is 0.253 e. The zero-order chi connectivity index (χ0) is 18.0. The minimum Gasteiger partial charge on any atom is -0.349 e. The minimum absolute atomic E-state index is 0.0723. The van der Waals surface area contributed by atoms with Crippen molar-refractivity contribution in [3.05, 3.63) is 47.5 Å². The predicted molar refractivity (Wildman–Crippen MR) is 96.7 cm³/mol. The summed E-state index contributed by atoms with van der Waals surface area (Å²) in [4.78, 5) is 31.3. The fourth-order valence-electron chi connectivity index (χ4n) is 3.53. The molecule has 0 aliphatic carbocycles. The van der Waals surface area contributed by atoms with Gasteiger partial charge in [0.25, 0.3) is 5.91 Å². The zero-order valence-electron chi connectivity index (χ0n) is 15.0. The third-order valence-electron chi connectivity index (χ3n) is 4.84. The Hall–Kier alpha value is -2.63. The maximum absolute atomic E-state index is 12.8. The summed E-state index contributed by atoms with van der Waals surface area (Å²) in [5.41, 5.74) is 3.41. The van der Waals surface area contributed by atoms with Crippen LogP contribution in [0, 0.1) is 13.8 Å². The molecule has 132 valence electrons. The summed E-state index contributed by atoms with van der Waals surface area (Å²) < 4.78 is 2.10. The lowest BCUT2D eigenvalue weighted by Gasteiger charge is -2.32. The van der Waals surface area contributed by atoms with Crippen LogP contribution in [-0.2, 0) is 11.3 Å². The quantitative estimate of drug-likeness (QED) is 0.929. The molecule has 2 aromatic rings. The number of aromatic nitrogens is 2. The van der Waals surface area contributed by atoms with Crippen LogP contribution >= 0.6 is 0 Å². The molecule has 1 atom stereocenters. The van der Waals surface area contributed by atoms with E-state index in [0.717, 1.165) is 30.0 Å². The number of piperidine rings is 1. The first-order valence-corrected chi connectivity index (χ1v) is 8.72. The molecule has 1 fully saturated rings. The molecule has 0 radical (unpaired) electrons. The highest BCUT2D eigenvalue weighted by molar-refractivity contribution is 6.03. The molecule has 0 unspecified atom stereocenters. The van der Waals surface area contributed by atoms with Gasteiger partial charge < -0.3 is 14.8 Å². The van der Waals surface area contributed by atoms with Gasteiger partial charge in [-0.15, -0.1) is 0 Å². The van der Waals surface area contributed by atoms with Crippen molar-refractivity contribution >= 4 is 17.5 Å². The summed E-state index contributed by atoms with van der Waals surface area (Å²) in [6, 6.07) is 5.07. The summed E-state index contributed by atoms with van der Waals surface area (Å²) in [5.74, 6) is -0.254. The van der Waals surface area contributed by atoms with Crippen LogP contribution in [0.2, 0.25) is 0 Å². The fraction of sp³-hybridized carbons (Fsp3) is 0.421. The first-order valence-electron chi connectivity index (χ1n) is 8.72. The number of carbonyl (C=O) groups excluding carboxylic acids is 2. The molecule has 0 saturated carbocycles. The van der Waals surface area contributed by atoms with Crippen molar-refractivity contribution in [3.8, 4) is 0 Å². The molecule has 0 aromatic carbocycles. The molecular weight excluding hydrogens is 316 g/mol. The summed E-state index contributed by atoms with van der Waals surface area (Å²) in [6.07, 6.45) is 4.87. The molecule has 3 heterocycles. The van der Waals surface area contributed by atoms with Crippen molar-refractivity contribution in [3.63, 3.8) is 0 Å². The monoisotopic (exact) mass is 340 g/mol. The lowest BCUT2D eigenvalue weighted by atomic mass is 10.0. The molecule has 6 nitrogen and oxygen atoms in total. The van der Waals surface area contributed by atoms with Gasteiger partial charge in [-0.25, -0.2) is 0 Å². The van der Waals surface area contributed by atoms with Crippen molar-refractivity contribution in [1.82, 2.24) is 14.9 Å². The van der Waals surface area contributed by atoms with E-state index in [4.69, 9.17) is 0 Å². The van der Waals surface area contributed by atoms with Crippen LogP contribution in [0.5, 0.6) is 0 Å². The van der Waals surface area contributed by atoms with Crippen LogP contribution in [0.25, 0.3) is 0 Å². The Kier molecular flexibility index (Phi) is 4.88. The highest BCUT2D eigenvalue weighted by atomic mass is 16.2. The number of carbonyl (C=O) groups is 2. The molecule has 1 N–H and O–H groups in total. The highest BCUT2D eigenvalue weighted by Gasteiger charge is 2.31. The third kappa shape index (κ3) is 3.29. The van der Waals surface area contributed by atoms with Crippen LogP contribution in [0.4, 0.5) is 5.69 Å². The Bertz CT molecular complexity index is 782. The number of rotatable bonds is 4. The Labute approximate surface area is 147 Å². The molecule has 0 spiro atoms. The van der Waals surface area contributed by atoms with E-state index in [2.05, 4.69) is 21.8 Å². The number of pyridine rings is 1. The van der Waals surface area contributed by atoms with Crippen molar-refractivity contribution in [1.29, 1.82) is 0 Å². The second-order valence-corrected chi connectivity index (χ2v) is 6.40. The van der Waals surface area contributed by atoms with E-state index in [9.17, 15) is 9.59 Å². The molecule has 0 bridgehead atoms. The van der Waals surface area contributed by atoms with Crippen molar-refractivity contribution in [2.45, 2.75) is 46.2 Å². The van der Waals surface area contributed by atoms with Gasteiger partial charge in [0.05, 0.1) is 17.4 Å². The van der Waals surface area contributed by atoms with Gasteiger partial charge in [-0.1, -0.05) is 0 Å². The molecule has 1 aliphatic rings. The van der Waals surface area contributed by atoms with Gasteiger partial charge in [0.2, 0.25) is 5.91 Å². The Balaban J connectivity index is 1.76. The molecule has 25 heavy (non-hydrogen) atoms. The molecule has 6 heteroatoms. The number of hydrogen-bond donors (Lipinski definition) is 1. The zero-order valence-corrected chi connectivity index (χ0v) is 15.0. The first kappa shape index (κ1) is 17.2. The lowest BCUT2D eigenvalue weighted by Crippen LogP contribution is -2.52. The van der Waals surface area contributed by atoms with Gasteiger partial charge in [-0.3, -0.25) is 14.6 Å². The topological polar surface area (TPSA) is 67.2 Å². The van der Waals surface area contributed by atoms with E-state index in [0.29, 0.717) is 18.5 Å². The lowest BCUT2D eigenvalue weighted by molar-refractivity contribution is -0.121. The Morgan fingerprint density at radius 1 is 1.40 bits per heavy atom. The minimum atomic E-state index is -0.494. The summed E-state index contributed by atoms with van der Waals surface area (Å²) >= 11 is 0. The molecule has 2 amide bonds. The number of hydrogen-bond acceptors (Lipinski definition) is 3. The van der Waals surface area contributed by atoms with E-state index in [1.165, 1.54) is 0 Å². The molecule has 1 aliphatic heterocycles.